The van der Waals surface area contributed by atoms with Gasteiger partial charge in [0.25, 0.3) is 0 Å². The van der Waals surface area contributed by atoms with Gasteiger partial charge in [-0.05, 0) is 24.1 Å². The molecule has 0 N–H and O–H groups in total. The first-order valence-electron chi connectivity index (χ1n) is 7.24. The van der Waals surface area contributed by atoms with Crippen LogP contribution < -0.4 is 0 Å². The van der Waals surface area contributed by atoms with Crippen molar-refractivity contribution in [3.8, 4) is 0 Å². The molecule has 1 aromatic heterocycles. The predicted octanol–water partition coefficient (Wildman–Crippen LogP) is 0.793. The van der Waals surface area contributed by atoms with Crippen molar-refractivity contribution in [1.82, 2.24) is 9.29 Å². The van der Waals surface area contributed by atoms with Crippen molar-refractivity contribution in [3.05, 3.63) is 30.1 Å². The number of ether oxygens (including phenoxy) is 2. The third-order valence-electron chi connectivity index (χ3n) is 4.09. The van der Waals surface area contributed by atoms with Crippen LogP contribution in [0.2, 0.25) is 0 Å². The van der Waals surface area contributed by atoms with Crippen LogP contribution in [-0.4, -0.2) is 55.6 Å². The van der Waals surface area contributed by atoms with Crippen molar-refractivity contribution in [2.24, 2.45) is 0 Å². The van der Waals surface area contributed by atoms with E-state index in [-0.39, 0.29) is 5.75 Å². The Balaban J connectivity index is 1.56. The summed E-state index contributed by atoms with van der Waals surface area (Å²) in [7, 11) is -3.23. The molecule has 6 nitrogen and oxygen atoms in total. The molecule has 21 heavy (non-hydrogen) atoms. The van der Waals surface area contributed by atoms with Crippen LogP contribution in [0.25, 0.3) is 0 Å². The molecule has 2 saturated heterocycles. The molecular weight excluding hydrogens is 292 g/mol. The molecule has 0 aromatic carbocycles. The van der Waals surface area contributed by atoms with Crippen LogP contribution in [-0.2, 0) is 25.9 Å². The van der Waals surface area contributed by atoms with Crippen molar-refractivity contribution < 1.29 is 17.9 Å². The van der Waals surface area contributed by atoms with Crippen molar-refractivity contribution in [1.29, 1.82) is 0 Å². The van der Waals surface area contributed by atoms with E-state index < -0.39 is 15.8 Å². The first-order valence-corrected chi connectivity index (χ1v) is 8.85. The van der Waals surface area contributed by atoms with Gasteiger partial charge in [0, 0.05) is 38.3 Å². The molecule has 0 saturated carbocycles. The Morgan fingerprint density at radius 1 is 1.14 bits per heavy atom. The van der Waals surface area contributed by atoms with E-state index in [0.717, 1.165) is 5.56 Å². The van der Waals surface area contributed by atoms with E-state index in [1.807, 2.05) is 12.1 Å². The van der Waals surface area contributed by atoms with E-state index in [1.54, 1.807) is 16.7 Å². The van der Waals surface area contributed by atoms with E-state index in [9.17, 15) is 8.42 Å². The van der Waals surface area contributed by atoms with Crippen LogP contribution in [0.1, 0.15) is 18.4 Å². The molecule has 116 valence electrons. The summed E-state index contributed by atoms with van der Waals surface area (Å²) in [6, 6.07) is 3.70. The second-order valence-electron chi connectivity index (χ2n) is 5.43. The van der Waals surface area contributed by atoms with Crippen LogP contribution in [0.4, 0.5) is 0 Å². The van der Waals surface area contributed by atoms with Gasteiger partial charge in [0.2, 0.25) is 10.0 Å². The number of pyridine rings is 1. The smallest absolute Gasteiger partial charge is 0.214 e. The molecular formula is C14H20N2O4S. The zero-order valence-corrected chi connectivity index (χ0v) is 12.7. The highest BCUT2D eigenvalue weighted by atomic mass is 32.2. The summed E-state index contributed by atoms with van der Waals surface area (Å²) in [6.45, 7) is 2.15. The Hall–Kier alpha value is -1.02. The normalized spacial score (nSPS) is 22.7. The van der Waals surface area contributed by atoms with Crippen molar-refractivity contribution >= 4 is 10.0 Å². The molecule has 1 aromatic rings. The number of aromatic nitrogens is 1. The Morgan fingerprint density at radius 3 is 2.38 bits per heavy atom. The molecule has 2 aliphatic rings. The van der Waals surface area contributed by atoms with Crippen LogP contribution in [0.3, 0.4) is 0 Å². The second-order valence-corrected chi connectivity index (χ2v) is 7.52. The average Bonchev–Trinajstić information content (AvgIpc) is 2.95. The number of sulfonamides is 1. The molecule has 0 atom stereocenters. The molecule has 2 fully saturated rings. The fourth-order valence-corrected chi connectivity index (χ4v) is 4.31. The average molecular weight is 312 g/mol. The van der Waals surface area contributed by atoms with Gasteiger partial charge in [0.05, 0.1) is 19.0 Å². The molecule has 0 radical (unpaired) electrons. The van der Waals surface area contributed by atoms with Gasteiger partial charge in [-0.1, -0.05) is 0 Å². The van der Waals surface area contributed by atoms with E-state index in [0.29, 0.717) is 45.6 Å². The lowest BCUT2D eigenvalue weighted by molar-refractivity contribution is -0.179. The first-order chi connectivity index (χ1) is 10.1. The van der Waals surface area contributed by atoms with Gasteiger partial charge in [-0.15, -0.1) is 0 Å². The van der Waals surface area contributed by atoms with Gasteiger partial charge >= 0.3 is 0 Å². The van der Waals surface area contributed by atoms with Crippen LogP contribution in [0, 0.1) is 0 Å². The summed E-state index contributed by atoms with van der Waals surface area (Å²) in [5.74, 6) is -0.400. The van der Waals surface area contributed by atoms with Crippen molar-refractivity contribution in [2.45, 2.75) is 25.0 Å². The maximum atomic E-state index is 12.4. The highest BCUT2D eigenvalue weighted by Gasteiger charge is 2.42. The number of piperidine rings is 1. The highest BCUT2D eigenvalue weighted by molar-refractivity contribution is 7.89. The molecule has 0 bridgehead atoms. The monoisotopic (exact) mass is 312 g/mol. The lowest BCUT2D eigenvalue weighted by Crippen LogP contribution is -2.47. The lowest BCUT2D eigenvalue weighted by atomic mass is 10.1. The van der Waals surface area contributed by atoms with E-state index in [2.05, 4.69) is 4.98 Å². The third kappa shape index (κ3) is 3.42. The number of nitrogens with zero attached hydrogens (tertiary/aromatic N) is 2. The third-order valence-corrected chi connectivity index (χ3v) is 5.96. The molecule has 1 spiro atoms. The fraction of sp³-hybridized carbons (Fsp3) is 0.643. The van der Waals surface area contributed by atoms with E-state index in [1.165, 1.54) is 0 Å². The van der Waals surface area contributed by atoms with Gasteiger partial charge in [-0.25, -0.2) is 12.7 Å². The van der Waals surface area contributed by atoms with Gasteiger partial charge in [-0.2, -0.15) is 0 Å². The molecule has 0 amide bonds. The van der Waals surface area contributed by atoms with Gasteiger partial charge < -0.3 is 9.47 Å². The number of rotatable bonds is 4. The Kier molecular flexibility index (Phi) is 4.26. The summed E-state index contributed by atoms with van der Waals surface area (Å²) in [6.07, 6.45) is 5.10. The molecule has 7 heteroatoms. The predicted molar refractivity (Wildman–Crippen MR) is 77.2 cm³/mol. The summed E-state index contributed by atoms with van der Waals surface area (Å²) < 4.78 is 37.6. The fourth-order valence-electron chi connectivity index (χ4n) is 2.82. The minimum Gasteiger partial charge on any atom is -0.347 e. The van der Waals surface area contributed by atoms with E-state index >= 15 is 0 Å². The van der Waals surface area contributed by atoms with Gasteiger partial charge in [0.1, 0.15) is 0 Å². The zero-order chi connectivity index (χ0) is 14.8. The summed E-state index contributed by atoms with van der Waals surface area (Å²) in [4.78, 5) is 3.93. The largest absolute Gasteiger partial charge is 0.347 e. The number of aryl methyl sites for hydroxylation is 1. The van der Waals surface area contributed by atoms with Crippen LogP contribution >= 0.6 is 0 Å². The first kappa shape index (κ1) is 14.9. The minimum atomic E-state index is -3.23. The highest BCUT2D eigenvalue weighted by Crippen LogP contribution is 2.32. The Morgan fingerprint density at radius 2 is 1.76 bits per heavy atom. The zero-order valence-electron chi connectivity index (χ0n) is 11.9. The number of hydrogen-bond acceptors (Lipinski definition) is 5. The quantitative estimate of drug-likeness (QED) is 0.822. The number of hydrogen-bond donors (Lipinski definition) is 0. The second kappa shape index (κ2) is 6.00. The van der Waals surface area contributed by atoms with Crippen molar-refractivity contribution in [2.75, 3.05) is 32.1 Å². The Labute approximate surface area is 125 Å². The molecule has 3 rings (SSSR count). The minimum absolute atomic E-state index is 0.131. The van der Waals surface area contributed by atoms with E-state index in [4.69, 9.17) is 9.47 Å². The molecule has 2 aliphatic heterocycles. The molecule has 0 aliphatic carbocycles. The van der Waals surface area contributed by atoms with Gasteiger partial charge in [-0.3, -0.25) is 4.98 Å². The lowest BCUT2D eigenvalue weighted by Gasteiger charge is -2.36. The van der Waals surface area contributed by atoms with Gasteiger partial charge in [0.15, 0.2) is 5.79 Å². The van der Waals surface area contributed by atoms with Crippen LogP contribution in [0.15, 0.2) is 24.5 Å². The molecule has 0 unspecified atom stereocenters. The standard InChI is InChI=1S/C14H20N2O4S/c17-21(18,12-3-13-1-6-15-7-2-13)16-8-4-14(5-9-16)19-10-11-20-14/h1-2,6-7H,3-5,8-12H2. The maximum Gasteiger partial charge on any atom is 0.214 e. The van der Waals surface area contributed by atoms with Crippen molar-refractivity contribution in [3.63, 3.8) is 0 Å². The maximum absolute atomic E-state index is 12.4. The summed E-state index contributed by atoms with van der Waals surface area (Å²) in [5, 5.41) is 0. The SMILES string of the molecule is O=S(=O)(CCc1ccncc1)N1CCC2(CC1)OCCO2. The van der Waals surface area contributed by atoms with Crippen LogP contribution in [0.5, 0.6) is 0 Å². The Bertz CT molecular complexity index is 560. The summed E-state index contributed by atoms with van der Waals surface area (Å²) >= 11 is 0. The molecule has 3 heterocycles. The topological polar surface area (TPSA) is 68.7 Å². The summed E-state index contributed by atoms with van der Waals surface area (Å²) in [5.41, 5.74) is 0.990.